The third-order valence-corrected chi connectivity index (χ3v) is 3.81. The van der Waals surface area contributed by atoms with E-state index >= 15 is 0 Å². The quantitative estimate of drug-likeness (QED) is 0.876. The van der Waals surface area contributed by atoms with E-state index in [-0.39, 0.29) is 12.1 Å². The summed E-state index contributed by atoms with van der Waals surface area (Å²) in [4.78, 5) is 29.4. The van der Waals surface area contributed by atoms with E-state index in [1.54, 1.807) is 17.0 Å². The molecule has 3 amide bonds. The van der Waals surface area contributed by atoms with Gasteiger partial charge in [0, 0.05) is 17.9 Å². The third-order valence-electron chi connectivity index (χ3n) is 3.81. The Hall–Kier alpha value is -3.09. The van der Waals surface area contributed by atoms with Crippen LogP contribution in [0.5, 0.6) is 0 Å². The highest BCUT2D eigenvalue weighted by molar-refractivity contribution is 5.89. The molecule has 7 heteroatoms. The zero-order valence-corrected chi connectivity index (χ0v) is 14.0. The molecule has 0 spiro atoms. The van der Waals surface area contributed by atoms with Crippen molar-refractivity contribution in [1.29, 1.82) is 0 Å². The molecule has 1 aliphatic heterocycles. The normalized spacial score (nSPS) is 13.5. The minimum absolute atomic E-state index is 0.286. The molecule has 1 aliphatic rings. The van der Waals surface area contributed by atoms with Gasteiger partial charge >= 0.3 is 12.1 Å². The van der Waals surface area contributed by atoms with Gasteiger partial charge in [-0.1, -0.05) is 18.2 Å². The van der Waals surface area contributed by atoms with Crippen molar-refractivity contribution in [2.45, 2.75) is 20.0 Å². The van der Waals surface area contributed by atoms with Gasteiger partial charge < -0.3 is 20.3 Å². The minimum Gasteiger partial charge on any atom is -0.448 e. The third kappa shape index (κ3) is 4.69. The number of ether oxygens (including phenoxy) is 1. The molecule has 2 N–H and O–H groups in total. The van der Waals surface area contributed by atoms with E-state index in [2.05, 4.69) is 15.6 Å². The van der Waals surface area contributed by atoms with Gasteiger partial charge in [0.05, 0.1) is 18.8 Å². The van der Waals surface area contributed by atoms with Gasteiger partial charge in [0.15, 0.2) is 0 Å². The monoisotopic (exact) mass is 340 g/mol. The van der Waals surface area contributed by atoms with Gasteiger partial charge in [-0.25, -0.2) is 9.59 Å². The number of anilines is 1. The molecule has 0 aliphatic carbocycles. The van der Waals surface area contributed by atoms with Crippen LogP contribution in [-0.2, 0) is 17.8 Å². The maximum absolute atomic E-state index is 12.0. The summed E-state index contributed by atoms with van der Waals surface area (Å²) < 4.78 is 4.90. The summed E-state index contributed by atoms with van der Waals surface area (Å²) in [5, 5.41) is 5.55. The molecular formula is C18H20N4O3. The van der Waals surface area contributed by atoms with E-state index in [9.17, 15) is 9.59 Å². The number of urea groups is 1. The number of carbonyl (C=O) groups is 2. The summed E-state index contributed by atoms with van der Waals surface area (Å²) >= 11 is 0. The van der Waals surface area contributed by atoms with Crippen LogP contribution in [0, 0.1) is 6.92 Å². The van der Waals surface area contributed by atoms with Gasteiger partial charge in [-0.3, -0.25) is 4.98 Å². The van der Waals surface area contributed by atoms with Gasteiger partial charge in [0.2, 0.25) is 0 Å². The zero-order valence-electron chi connectivity index (χ0n) is 14.0. The van der Waals surface area contributed by atoms with Crippen LogP contribution in [-0.4, -0.2) is 35.2 Å². The Balaban J connectivity index is 1.49. The number of rotatable bonds is 5. The predicted octanol–water partition coefficient (Wildman–Crippen LogP) is 2.66. The second-order valence-electron chi connectivity index (χ2n) is 5.81. The number of aromatic nitrogens is 1. The summed E-state index contributed by atoms with van der Waals surface area (Å²) in [5.74, 6) is 0. The van der Waals surface area contributed by atoms with Crippen molar-refractivity contribution in [3.8, 4) is 0 Å². The van der Waals surface area contributed by atoms with Crippen LogP contribution in [0.4, 0.5) is 15.3 Å². The Kier molecular flexibility index (Phi) is 5.13. The number of hydrogen-bond acceptors (Lipinski definition) is 4. The number of nitrogens with zero attached hydrogens (tertiary/aromatic N) is 2. The van der Waals surface area contributed by atoms with Crippen molar-refractivity contribution >= 4 is 17.8 Å². The average molecular weight is 340 g/mol. The lowest BCUT2D eigenvalue weighted by molar-refractivity contribution is 0.157. The van der Waals surface area contributed by atoms with Crippen molar-refractivity contribution in [3.63, 3.8) is 0 Å². The summed E-state index contributed by atoms with van der Waals surface area (Å²) in [6, 6.07) is 12.8. The number of nitrogens with one attached hydrogen (secondary N) is 2. The summed E-state index contributed by atoms with van der Waals surface area (Å²) in [6.07, 6.45) is -0.286. The predicted molar refractivity (Wildman–Crippen MR) is 93.0 cm³/mol. The minimum atomic E-state index is -0.292. The molecule has 1 aromatic carbocycles. The number of pyridine rings is 1. The number of cyclic esters (lactones) is 1. The van der Waals surface area contributed by atoms with Crippen LogP contribution in [0.1, 0.15) is 17.0 Å². The summed E-state index contributed by atoms with van der Waals surface area (Å²) in [6.45, 7) is 3.82. The molecule has 0 radical (unpaired) electrons. The Morgan fingerprint density at radius 3 is 2.72 bits per heavy atom. The largest absolute Gasteiger partial charge is 0.448 e. The Labute approximate surface area is 146 Å². The first-order valence-electron chi connectivity index (χ1n) is 8.08. The fourth-order valence-corrected chi connectivity index (χ4v) is 2.53. The van der Waals surface area contributed by atoms with E-state index in [1.165, 1.54) is 0 Å². The number of benzene rings is 1. The van der Waals surface area contributed by atoms with Crippen LogP contribution in [0.15, 0.2) is 42.5 Å². The number of carbonyl (C=O) groups excluding carboxylic acids is 2. The molecule has 25 heavy (non-hydrogen) atoms. The van der Waals surface area contributed by atoms with Gasteiger partial charge in [0.25, 0.3) is 0 Å². The van der Waals surface area contributed by atoms with E-state index in [4.69, 9.17) is 4.74 Å². The molecule has 1 fully saturated rings. The SMILES string of the molecule is Cc1cccc(CNC(=O)Nc2ccc(CN3CCOC3=O)cc2)n1. The summed E-state index contributed by atoms with van der Waals surface area (Å²) in [5.41, 5.74) is 3.39. The standard InChI is InChI=1S/C18H20N4O3/c1-13-3-2-4-16(20-13)11-19-17(23)21-15-7-5-14(6-8-15)12-22-9-10-25-18(22)24/h2-8H,9-12H2,1H3,(H2,19,21,23). The molecule has 0 bridgehead atoms. The van der Waals surface area contributed by atoms with Crippen LogP contribution in [0.25, 0.3) is 0 Å². The maximum Gasteiger partial charge on any atom is 0.410 e. The maximum atomic E-state index is 12.0. The van der Waals surface area contributed by atoms with Crippen molar-refractivity contribution < 1.29 is 14.3 Å². The number of hydrogen-bond donors (Lipinski definition) is 2. The molecule has 0 saturated carbocycles. The van der Waals surface area contributed by atoms with Gasteiger partial charge in [0.1, 0.15) is 6.61 Å². The van der Waals surface area contributed by atoms with E-state index in [0.717, 1.165) is 17.0 Å². The highest BCUT2D eigenvalue weighted by Crippen LogP contribution is 2.14. The van der Waals surface area contributed by atoms with Gasteiger partial charge in [-0.15, -0.1) is 0 Å². The van der Waals surface area contributed by atoms with Crippen LogP contribution in [0.3, 0.4) is 0 Å². The fraction of sp³-hybridized carbons (Fsp3) is 0.278. The Morgan fingerprint density at radius 1 is 1.24 bits per heavy atom. The van der Waals surface area contributed by atoms with Gasteiger partial charge in [-0.05, 0) is 36.8 Å². The van der Waals surface area contributed by atoms with Crippen LogP contribution < -0.4 is 10.6 Å². The second-order valence-corrected chi connectivity index (χ2v) is 5.81. The fourth-order valence-electron chi connectivity index (χ4n) is 2.53. The topological polar surface area (TPSA) is 83.6 Å². The van der Waals surface area contributed by atoms with E-state index < -0.39 is 0 Å². The molecule has 3 rings (SSSR count). The first-order valence-corrected chi connectivity index (χ1v) is 8.08. The lowest BCUT2D eigenvalue weighted by atomic mass is 10.2. The average Bonchev–Trinajstić information content (AvgIpc) is 3.00. The molecule has 0 atom stereocenters. The van der Waals surface area contributed by atoms with E-state index in [0.29, 0.717) is 31.9 Å². The van der Waals surface area contributed by atoms with Crippen molar-refractivity contribution in [2.75, 3.05) is 18.5 Å². The van der Waals surface area contributed by atoms with Crippen molar-refractivity contribution in [2.24, 2.45) is 0 Å². The molecule has 2 heterocycles. The first-order chi connectivity index (χ1) is 12.1. The highest BCUT2D eigenvalue weighted by atomic mass is 16.6. The lowest BCUT2D eigenvalue weighted by Crippen LogP contribution is -2.28. The van der Waals surface area contributed by atoms with Crippen molar-refractivity contribution in [1.82, 2.24) is 15.2 Å². The molecule has 130 valence electrons. The highest BCUT2D eigenvalue weighted by Gasteiger charge is 2.21. The molecule has 7 nitrogen and oxygen atoms in total. The Bertz CT molecular complexity index is 761. The molecular weight excluding hydrogens is 320 g/mol. The lowest BCUT2D eigenvalue weighted by Gasteiger charge is -2.13. The number of aryl methyl sites for hydroxylation is 1. The van der Waals surface area contributed by atoms with Gasteiger partial charge in [-0.2, -0.15) is 0 Å². The molecule has 1 aromatic heterocycles. The smallest absolute Gasteiger partial charge is 0.410 e. The molecule has 1 saturated heterocycles. The zero-order chi connectivity index (χ0) is 17.6. The second kappa shape index (κ2) is 7.65. The van der Waals surface area contributed by atoms with Crippen molar-refractivity contribution in [3.05, 3.63) is 59.4 Å². The van der Waals surface area contributed by atoms with E-state index in [1.807, 2.05) is 37.3 Å². The Morgan fingerprint density at radius 2 is 2.04 bits per heavy atom. The van der Waals surface area contributed by atoms with Crippen LogP contribution >= 0.6 is 0 Å². The molecule has 0 unspecified atom stereocenters. The molecule has 2 aromatic rings. The van der Waals surface area contributed by atoms with Crippen LogP contribution in [0.2, 0.25) is 0 Å². The number of amides is 3. The summed E-state index contributed by atoms with van der Waals surface area (Å²) in [7, 11) is 0. The first kappa shape index (κ1) is 16.8.